The molecule has 0 bridgehead atoms. The van der Waals surface area contributed by atoms with Gasteiger partial charge in [-0.05, 0) is 30.5 Å². The normalized spacial score (nSPS) is 10.0. The van der Waals surface area contributed by atoms with Crippen LogP contribution in [0.15, 0.2) is 35.2 Å². The summed E-state index contributed by atoms with van der Waals surface area (Å²) in [6.07, 6.45) is 0.886. The van der Waals surface area contributed by atoms with Crippen LogP contribution in [0.3, 0.4) is 0 Å². The zero-order chi connectivity index (χ0) is 10.2. The molecule has 0 radical (unpaired) electrons. The summed E-state index contributed by atoms with van der Waals surface area (Å²) in [5, 5.41) is 8.40. The number of carboxylic acid groups (broad SMARTS) is 1. The number of nitrogens with one attached hydrogen (secondary N) is 1. The summed E-state index contributed by atoms with van der Waals surface area (Å²) in [6.45, 7) is 0.714. The second kappa shape index (κ2) is 6.45. The first-order valence-corrected chi connectivity index (χ1v) is 5.27. The minimum atomic E-state index is -0.739. The van der Waals surface area contributed by atoms with E-state index in [9.17, 15) is 4.79 Å². The lowest BCUT2D eigenvalue weighted by atomic mass is 10.3. The van der Waals surface area contributed by atoms with E-state index < -0.39 is 5.97 Å². The summed E-state index contributed by atoms with van der Waals surface area (Å²) in [5.41, 5.74) is 0. The average Bonchev–Trinajstić information content (AvgIpc) is 2.18. The van der Waals surface area contributed by atoms with Gasteiger partial charge in [-0.1, -0.05) is 18.2 Å². The first-order chi connectivity index (χ1) is 6.79. The lowest BCUT2D eigenvalue weighted by molar-refractivity contribution is -0.137. The largest absolute Gasteiger partial charge is 0.481 e. The fourth-order valence-corrected chi connectivity index (χ4v) is 1.64. The third-order valence-electron chi connectivity index (χ3n) is 1.60. The van der Waals surface area contributed by atoms with Crippen molar-refractivity contribution < 1.29 is 9.90 Å². The maximum atomic E-state index is 10.2. The highest BCUT2D eigenvalue weighted by Crippen LogP contribution is 2.12. The van der Waals surface area contributed by atoms with Gasteiger partial charge < -0.3 is 5.11 Å². The molecule has 0 unspecified atom stereocenters. The van der Waals surface area contributed by atoms with Gasteiger partial charge in [-0.2, -0.15) is 0 Å². The minimum Gasteiger partial charge on any atom is -0.481 e. The maximum Gasteiger partial charge on any atom is 0.303 e. The van der Waals surface area contributed by atoms with Gasteiger partial charge in [0.25, 0.3) is 0 Å². The van der Waals surface area contributed by atoms with E-state index in [4.69, 9.17) is 5.11 Å². The summed E-state index contributed by atoms with van der Waals surface area (Å²) in [7, 11) is 0. The van der Waals surface area contributed by atoms with Crippen molar-refractivity contribution in [3.63, 3.8) is 0 Å². The van der Waals surface area contributed by atoms with Gasteiger partial charge in [-0.3, -0.25) is 9.52 Å². The van der Waals surface area contributed by atoms with E-state index in [0.717, 1.165) is 4.90 Å². The summed E-state index contributed by atoms with van der Waals surface area (Å²) < 4.78 is 3.11. The van der Waals surface area contributed by atoms with Gasteiger partial charge in [0.05, 0.1) is 0 Å². The van der Waals surface area contributed by atoms with Crippen molar-refractivity contribution in [1.29, 1.82) is 0 Å². The Morgan fingerprint density at radius 3 is 2.71 bits per heavy atom. The molecule has 1 aromatic rings. The first kappa shape index (κ1) is 11.1. The number of carboxylic acids is 1. The molecule has 0 aliphatic heterocycles. The van der Waals surface area contributed by atoms with Crippen LogP contribution >= 0.6 is 11.9 Å². The molecular weight excluding hydrogens is 198 g/mol. The van der Waals surface area contributed by atoms with Crippen molar-refractivity contribution >= 4 is 17.9 Å². The van der Waals surface area contributed by atoms with Gasteiger partial charge in [0, 0.05) is 17.9 Å². The van der Waals surface area contributed by atoms with Crippen LogP contribution in [0.2, 0.25) is 0 Å². The van der Waals surface area contributed by atoms with E-state index in [2.05, 4.69) is 4.72 Å². The number of benzene rings is 1. The molecule has 14 heavy (non-hydrogen) atoms. The predicted octanol–water partition coefficient (Wildman–Crippen LogP) is 2.15. The second-order valence-electron chi connectivity index (χ2n) is 2.81. The van der Waals surface area contributed by atoms with E-state index in [0.29, 0.717) is 13.0 Å². The maximum absolute atomic E-state index is 10.2. The molecule has 0 spiro atoms. The molecule has 76 valence electrons. The van der Waals surface area contributed by atoms with Crippen LogP contribution in [0.4, 0.5) is 0 Å². The minimum absolute atomic E-state index is 0.225. The van der Waals surface area contributed by atoms with Gasteiger partial charge in [-0.15, -0.1) is 0 Å². The molecule has 0 aliphatic carbocycles. The van der Waals surface area contributed by atoms with E-state index in [-0.39, 0.29) is 6.42 Å². The molecule has 0 aliphatic rings. The van der Waals surface area contributed by atoms with Gasteiger partial charge >= 0.3 is 5.97 Å². The Hall–Kier alpha value is -1.00. The van der Waals surface area contributed by atoms with Gasteiger partial charge in [0.15, 0.2) is 0 Å². The molecule has 0 saturated carbocycles. The SMILES string of the molecule is O=C(O)CCCNSc1ccccc1. The van der Waals surface area contributed by atoms with Crippen molar-refractivity contribution in [3.8, 4) is 0 Å². The molecule has 0 atom stereocenters. The first-order valence-electron chi connectivity index (χ1n) is 4.45. The van der Waals surface area contributed by atoms with E-state index in [1.807, 2.05) is 30.3 Å². The highest BCUT2D eigenvalue weighted by Gasteiger charge is 1.96. The smallest absolute Gasteiger partial charge is 0.303 e. The van der Waals surface area contributed by atoms with Crippen molar-refractivity contribution in [2.45, 2.75) is 17.7 Å². The van der Waals surface area contributed by atoms with Crippen LogP contribution in [0, 0.1) is 0 Å². The number of hydrogen-bond donors (Lipinski definition) is 2. The topological polar surface area (TPSA) is 49.3 Å². The molecule has 3 nitrogen and oxygen atoms in total. The standard InChI is InChI=1S/C10H13NO2S/c12-10(13)7-4-8-11-14-9-5-2-1-3-6-9/h1-3,5-6,11H,4,7-8H2,(H,12,13). The Labute approximate surface area is 87.7 Å². The Bertz CT molecular complexity index is 277. The van der Waals surface area contributed by atoms with Crippen LogP contribution < -0.4 is 4.72 Å². The molecule has 0 fully saturated rings. The lowest BCUT2D eigenvalue weighted by Gasteiger charge is -2.01. The quantitative estimate of drug-likeness (QED) is 0.559. The third-order valence-corrected chi connectivity index (χ3v) is 2.46. The Morgan fingerprint density at radius 1 is 1.36 bits per heavy atom. The summed E-state index contributed by atoms with van der Waals surface area (Å²) in [6, 6.07) is 9.93. The van der Waals surface area contributed by atoms with Gasteiger partial charge in [0.2, 0.25) is 0 Å². The van der Waals surface area contributed by atoms with E-state index in [1.165, 1.54) is 11.9 Å². The van der Waals surface area contributed by atoms with Crippen LogP contribution in [-0.4, -0.2) is 17.6 Å². The zero-order valence-corrected chi connectivity index (χ0v) is 8.59. The number of rotatable bonds is 6. The van der Waals surface area contributed by atoms with Crippen molar-refractivity contribution in [2.24, 2.45) is 0 Å². The van der Waals surface area contributed by atoms with Gasteiger partial charge in [-0.25, -0.2) is 0 Å². The van der Waals surface area contributed by atoms with Crippen LogP contribution in [0.1, 0.15) is 12.8 Å². The zero-order valence-electron chi connectivity index (χ0n) is 7.77. The number of carbonyl (C=O) groups is 1. The highest BCUT2D eigenvalue weighted by molar-refractivity contribution is 7.97. The fourth-order valence-electron chi connectivity index (χ4n) is 0.935. The summed E-state index contributed by atoms with van der Waals surface area (Å²) in [5.74, 6) is -0.739. The van der Waals surface area contributed by atoms with E-state index >= 15 is 0 Å². The second-order valence-corrected chi connectivity index (χ2v) is 3.77. The molecule has 0 saturated heterocycles. The Morgan fingerprint density at radius 2 is 2.07 bits per heavy atom. The van der Waals surface area contributed by atoms with Crippen molar-refractivity contribution in [2.75, 3.05) is 6.54 Å². The predicted molar refractivity (Wildman–Crippen MR) is 57.2 cm³/mol. The average molecular weight is 211 g/mol. The van der Waals surface area contributed by atoms with Gasteiger partial charge in [0.1, 0.15) is 0 Å². The molecule has 0 heterocycles. The molecule has 4 heteroatoms. The molecular formula is C10H13NO2S. The fraction of sp³-hybridized carbons (Fsp3) is 0.300. The van der Waals surface area contributed by atoms with Crippen LogP contribution in [0.25, 0.3) is 0 Å². The molecule has 0 aromatic heterocycles. The monoisotopic (exact) mass is 211 g/mol. The number of hydrogen-bond acceptors (Lipinski definition) is 3. The Kier molecular flexibility index (Phi) is 5.11. The summed E-state index contributed by atoms with van der Waals surface area (Å²) in [4.78, 5) is 11.3. The van der Waals surface area contributed by atoms with Crippen molar-refractivity contribution in [1.82, 2.24) is 4.72 Å². The third kappa shape index (κ3) is 4.89. The molecule has 1 aromatic carbocycles. The Balaban J connectivity index is 2.08. The molecule has 0 amide bonds. The summed E-state index contributed by atoms with van der Waals surface area (Å²) >= 11 is 1.53. The van der Waals surface area contributed by atoms with Crippen LogP contribution in [-0.2, 0) is 4.79 Å². The van der Waals surface area contributed by atoms with Crippen molar-refractivity contribution in [3.05, 3.63) is 30.3 Å². The number of aliphatic carboxylic acids is 1. The lowest BCUT2D eigenvalue weighted by Crippen LogP contribution is -2.07. The van der Waals surface area contributed by atoms with Crippen LogP contribution in [0.5, 0.6) is 0 Å². The van der Waals surface area contributed by atoms with E-state index in [1.54, 1.807) is 0 Å². The highest BCUT2D eigenvalue weighted by atomic mass is 32.2. The molecule has 1 rings (SSSR count). The molecule has 2 N–H and O–H groups in total.